The number of rotatable bonds is 4. The molecule has 6 rings (SSSR count). The van der Waals surface area contributed by atoms with Gasteiger partial charge in [-0.05, 0) is 85.8 Å². The number of para-hydroxylation sites is 2. The van der Waals surface area contributed by atoms with E-state index in [0.29, 0.717) is 17.8 Å². The van der Waals surface area contributed by atoms with Gasteiger partial charge in [-0.2, -0.15) is 0 Å². The number of nitrogens with one attached hydrogen (secondary N) is 1. The van der Waals surface area contributed by atoms with Gasteiger partial charge in [0, 0.05) is 12.3 Å². The van der Waals surface area contributed by atoms with Crippen molar-refractivity contribution in [3.05, 3.63) is 40.9 Å². The zero-order chi connectivity index (χ0) is 24.4. The number of nitrogens with zero attached hydrogens (tertiary/aromatic N) is 1. The lowest BCUT2D eigenvalue weighted by molar-refractivity contribution is -0.156. The summed E-state index contributed by atoms with van der Waals surface area (Å²) >= 11 is 1.80. The van der Waals surface area contributed by atoms with Crippen molar-refractivity contribution in [2.45, 2.75) is 71.8 Å². The summed E-state index contributed by atoms with van der Waals surface area (Å²) in [6.07, 6.45) is 10.6. The molecule has 2 fully saturated rings. The number of allylic oxidation sites excluding steroid dienone is 2. The highest BCUT2D eigenvalue weighted by atomic mass is 32.1. The van der Waals surface area contributed by atoms with E-state index >= 15 is 0 Å². The first-order valence-corrected chi connectivity index (χ1v) is 13.9. The summed E-state index contributed by atoms with van der Waals surface area (Å²) in [6.45, 7) is 6.48. The van der Waals surface area contributed by atoms with Crippen molar-refractivity contribution in [3.8, 4) is 5.75 Å². The van der Waals surface area contributed by atoms with E-state index in [-0.39, 0.29) is 22.9 Å². The van der Waals surface area contributed by atoms with Crippen molar-refractivity contribution in [2.75, 3.05) is 12.4 Å². The fraction of sp³-hybridized carbons (Fsp3) is 0.586. The van der Waals surface area contributed by atoms with E-state index in [9.17, 15) is 4.79 Å². The molecule has 4 aliphatic rings. The maximum absolute atomic E-state index is 11.8. The van der Waals surface area contributed by atoms with Crippen LogP contribution < -0.4 is 10.1 Å². The minimum absolute atomic E-state index is 0.0900. The van der Waals surface area contributed by atoms with E-state index in [4.69, 9.17) is 14.5 Å². The van der Waals surface area contributed by atoms with E-state index in [1.54, 1.807) is 25.4 Å². The molecule has 0 unspecified atom stereocenters. The van der Waals surface area contributed by atoms with Gasteiger partial charge < -0.3 is 14.8 Å². The quantitative estimate of drug-likeness (QED) is 0.465. The Bertz CT molecular complexity index is 1190. The molecular weight excluding hydrogens is 456 g/mol. The second-order valence-corrected chi connectivity index (χ2v) is 12.5. The van der Waals surface area contributed by atoms with Gasteiger partial charge in [-0.3, -0.25) is 4.79 Å². The highest BCUT2D eigenvalue weighted by molar-refractivity contribution is 7.16. The van der Waals surface area contributed by atoms with Crippen LogP contribution in [0, 0.1) is 28.6 Å². The van der Waals surface area contributed by atoms with Gasteiger partial charge in [-0.25, -0.2) is 4.98 Å². The Morgan fingerprint density at radius 1 is 1.14 bits per heavy atom. The monoisotopic (exact) mass is 492 g/mol. The smallest absolute Gasteiger partial charge is 0.302 e. The zero-order valence-electron chi connectivity index (χ0n) is 21.2. The van der Waals surface area contributed by atoms with E-state index in [2.05, 4.69) is 25.2 Å². The summed E-state index contributed by atoms with van der Waals surface area (Å²) in [7, 11) is 1.70. The summed E-state index contributed by atoms with van der Waals surface area (Å²) in [6, 6.07) is 8.02. The largest absolute Gasteiger partial charge is 0.495 e. The molecule has 6 heteroatoms. The number of fused-ring (bicyclic) bond motifs is 7. The number of anilines is 2. The number of hydrogen-bond acceptors (Lipinski definition) is 6. The van der Waals surface area contributed by atoms with Crippen molar-refractivity contribution >= 4 is 33.7 Å². The molecule has 35 heavy (non-hydrogen) atoms. The van der Waals surface area contributed by atoms with Crippen LogP contribution in [0.4, 0.5) is 10.8 Å². The van der Waals surface area contributed by atoms with Crippen LogP contribution in [-0.4, -0.2) is 24.2 Å². The standard InChI is InChI=1S/C29H36N2O3S/c1-17(32)34-25-12-11-19-18-9-10-21-26-23(14-16-28(21,2)20(18)13-15-29(19,25)3)31-27(35-26)30-22-7-5-6-8-24(22)33-4/h5-8,10,18-20,25H,9,11-16H2,1-4H3,(H,30,31)/t18-,19-,20-,25-,28+,29-/m0/s1. The van der Waals surface area contributed by atoms with E-state index in [1.807, 2.05) is 24.3 Å². The van der Waals surface area contributed by atoms with Crippen molar-refractivity contribution in [1.82, 2.24) is 4.98 Å². The van der Waals surface area contributed by atoms with E-state index in [0.717, 1.165) is 42.3 Å². The van der Waals surface area contributed by atoms with Gasteiger partial charge in [0.2, 0.25) is 0 Å². The lowest BCUT2D eigenvalue weighted by Crippen LogP contribution is -2.50. The first kappa shape index (κ1) is 23.1. The van der Waals surface area contributed by atoms with Gasteiger partial charge in [-0.15, -0.1) is 0 Å². The Hall–Kier alpha value is -2.34. The minimum atomic E-state index is -0.126. The highest BCUT2D eigenvalue weighted by Gasteiger charge is 2.59. The molecule has 0 radical (unpaired) electrons. The summed E-state index contributed by atoms with van der Waals surface area (Å²) in [5.41, 5.74) is 4.06. The molecule has 1 aromatic carbocycles. The molecular formula is C29H36N2O3S. The van der Waals surface area contributed by atoms with Crippen LogP contribution in [0.1, 0.15) is 69.9 Å². The Balaban J connectivity index is 1.29. The molecule has 1 heterocycles. The van der Waals surface area contributed by atoms with Crippen LogP contribution in [-0.2, 0) is 16.0 Å². The Morgan fingerprint density at radius 2 is 1.97 bits per heavy atom. The first-order chi connectivity index (χ1) is 16.8. The van der Waals surface area contributed by atoms with Gasteiger partial charge in [0.05, 0.1) is 23.4 Å². The maximum atomic E-state index is 11.8. The lowest BCUT2D eigenvalue weighted by atomic mass is 9.48. The third kappa shape index (κ3) is 3.54. The van der Waals surface area contributed by atoms with Crippen LogP contribution in [0.3, 0.4) is 0 Å². The van der Waals surface area contributed by atoms with Crippen molar-refractivity contribution in [2.24, 2.45) is 28.6 Å². The number of aryl methyl sites for hydroxylation is 1. The molecule has 2 saturated carbocycles. The summed E-state index contributed by atoms with van der Waals surface area (Å²) in [5, 5.41) is 4.46. The predicted molar refractivity (Wildman–Crippen MR) is 140 cm³/mol. The van der Waals surface area contributed by atoms with Crippen molar-refractivity contribution in [1.29, 1.82) is 0 Å². The van der Waals surface area contributed by atoms with E-state index < -0.39 is 0 Å². The Labute approximate surface area is 212 Å². The van der Waals surface area contributed by atoms with Crippen LogP contribution in [0.2, 0.25) is 0 Å². The number of carbonyl (C=O) groups excluding carboxylic acids is 1. The molecule has 6 atom stereocenters. The van der Waals surface area contributed by atoms with Crippen LogP contribution >= 0.6 is 11.3 Å². The molecule has 186 valence electrons. The minimum Gasteiger partial charge on any atom is -0.495 e. The molecule has 5 nitrogen and oxygen atoms in total. The van der Waals surface area contributed by atoms with Gasteiger partial charge >= 0.3 is 5.97 Å². The first-order valence-electron chi connectivity index (χ1n) is 13.1. The molecule has 1 N–H and O–H groups in total. The highest BCUT2D eigenvalue weighted by Crippen LogP contribution is 2.66. The van der Waals surface area contributed by atoms with E-state index in [1.165, 1.54) is 35.4 Å². The predicted octanol–water partition coefficient (Wildman–Crippen LogP) is 7.01. The molecule has 0 amide bonds. The number of methoxy groups -OCH3 is 1. The summed E-state index contributed by atoms with van der Waals surface area (Å²) in [5.74, 6) is 2.73. The Kier molecular flexibility index (Phi) is 5.51. The number of esters is 1. The molecule has 0 saturated heterocycles. The summed E-state index contributed by atoms with van der Waals surface area (Å²) < 4.78 is 11.4. The van der Waals surface area contributed by atoms with Crippen LogP contribution in [0.15, 0.2) is 30.3 Å². The number of thiazole rings is 1. The molecule has 0 bridgehead atoms. The van der Waals surface area contributed by atoms with Crippen molar-refractivity contribution in [3.63, 3.8) is 0 Å². The van der Waals surface area contributed by atoms with Gasteiger partial charge in [0.1, 0.15) is 11.9 Å². The molecule has 4 aliphatic carbocycles. The third-order valence-electron chi connectivity index (χ3n) is 9.86. The number of benzene rings is 1. The van der Waals surface area contributed by atoms with Gasteiger partial charge in [0.15, 0.2) is 5.13 Å². The van der Waals surface area contributed by atoms with Crippen LogP contribution in [0.5, 0.6) is 5.75 Å². The second-order valence-electron chi connectivity index (χ2n) is 11.5. The fourth-order valence-electron chi connectivity index (χ4n) is 8.14. The SMILES string of the molecule is COc1ccccc1Nc1nc2c(s1)C1=CC[C@H]3[C@@H]4CC[C@H](OC(C)=O)[C@@]4(C)CC[C@@H]3[C@@]1(C)CC2. The zero-order valence-corrected chi connectivity index (χ0v) is 22.0. The second kappa shape index (κ2) is 8.36. The Morgan fingerprint density at radius 3 is 2.77 bits per heavy atom. The average Bonchev–Trinajstić information content (AvgIpc) is 3.39. The average molecular weight is 493 g/mol. The van der Waals surface area contributed by atoms with Crippen LogP contribution in [0.25, 0.3) is 5.57 Å². The fourth-order valence-corrected chi connectivity index (χ4v) is 9.34. The number of carbonyl (C=O) groups is 1. The number of ether oxygens (including phenoxy) is 2. The maximum Gasteiger partial charge on any atom is 0.302 e. The molecule has 1 aromatic heterocycles. The normalized spacial score (nSPS) is 35.1. The summed E-state index contributed by atoms with van der Waals surface area (Å²) in [4.78, 5) is 18.2. The van der Waals surface area contributed by atoms with Gasteiger partial charge in [0.25, 0.3) is 0 Å². The molecule has 0 spiro atoms. The van der Waals surface area contributed by atoms with Gasteiger partial charge in [-0.1, -0.05) is 43.4 Å². The number of aromatic nitrogens is 1. The molecule has 2 aromatic rings. The third-order valence-corrected chi connectivity index (χ3v) is 10.9. The topological polar surface area (TPSA) is 60.4 Å². The number of hydrogen-bond donors (Lipinski definition) is 1. The van der Waals surface area contributed by atoms with Crippen molar-refractivity contribution < 1.29 is 14.3 Å². The lowest BCUT2D eigenvalue weighted by Gasteiger charge is -2.56. The molecule has 0 aliphatic heterocycles.